The van der Waals surface area contributed by atoms with Crippen molar-refractivity contribution in [1.82, 2.24) is 14.6 Å². The summed E-state index contributed by atoms with van der Waals surface area (Å²) in [5.41, 5.74) is 13.7. The Hall–Kier alpha value is -2.74. The predicted molar refractivity (Wildman–Crippen MR) is 96.2 cm³/mol. The molecule has 6 nitrogen and oxygen atoms in total. The number of nitrogens with zero attached hydrogens (tertiary/aromatic N) is 3. The van der Waals surface area contributed by atoms with Crippen molar-refractivity contribution >= 4 is 22.8 Å². The Morgan fingerprint density at radius 1 is 1.08 bits per heavy atom. The van der Waals surface area contributed by atoms with E-state index in [4.69, 9.17) is 11.5 Å². The third-order valence-electron chi connectivity index (χ3n) is 5.00. The molecule has 0 spiro atoms. The molecule has 1 aromatic carbocycles. The lowest BCUT2D eigenvalue weighted by molar-refractivity contribution is 0.396. The number of nitrogens with two attached hydrogens (primary N) is 2. The predicted octanol–water partition coefficient (Wildman–Crippen LogP) is 3.32. The van der Waals surface area contributed by atoms with Crippen molar-refractivity contribution in [2.75, 3.05) is 11.1 Å². The molecule has 1 aliphatic carbocycles. The van der Waals surface area contributed by atoms with Crippen LogP contribution in [-0.4, -0.2) is 20.6 Å². The number of para-hydroxylation sites is 1. The van der Waals surface area contributed by atoms with Crippen LogP contribution in [0.1, 0.15) is 37.2 Å². The summed E-state index contributed by atoms with van der Waals surface area (Å²) in [7, 11) is 0. The number of benzene rings is 1. The molecule has 3 aromatic rings. The molecule has 0 aliphatic heterocycles. The van der Waals surface area contributed by atoms with E-state index in [0.29, 0.717) is 17.2 Å². The zero-order chi connectivity index (χ0) is 18.3. The molecular weight excluding hydrogens is 338 g/mol. The normalized spacial score (nSPS) is 20.4. The molecule has 0 radical (unpaired) electrons. The van der Waals surface area contributed by atoms with Gasteiger partial charge in [0.2, 0.25) is 0 Å². The Balaban J connectivity index is 1.86. The van der Waals surface area contributed by atoms with Gasteiger partial charge in [-0.1, -0.05) is 6.07 Å². The summed E-state index contributed by atoms with van der Waals surface area (Å²) < 4.78 is 29.9. The number of halogens is 2. The van der Waals surface area contributed by atoms with Crippen molar-refractivity contribution in [1.29, 1.82) is 0 Å². The van der Waals surface area contributed by atoms with Crippen LogP contribution in [0.5, 0.6) is 0 Å². The fourth-order valence-electron chi connectivity index (χ4n) is 3.66. The number of imidazole rings is 1. The highest BCUT2D eigenvalue weighted by atomic mass is 19.1. The van der Waals surface area contributed by atoms with Crippen LogP contribution in [-0.2, 0) is 0 Å². The zero-order valence-electron chi connectivity index (χ0n) is 14.1. The maximum atomic E-state index is 14.2. The molecule has 1 fully saturated rings. The zero-order valence-corrected chi connectivity index (χ0v) is 14.1. The summed E-state index contributed by atoms with van der Waals surface area (Å²) in [4.78, 5) is 4.30. The smallest absolute Gasteiger partial charge is 0.177 e. The van der Waals surface area contributed by atoms with E-state index < -0.39 is 11.6 Å². The molecule has 0 atom stereocenters. The van der Waals surface area contributed by atoms with E-state index in [0.717, 1.165) is 31.2 Å². The lowest BCUT2D eigenvalue weighted by Crippen LogP contribution is -2.26. The van der Waals surface area contributed by atoms with Gasteiger partial charge in [-0.05, 0) is 43.7 Å². The van der Waals surface area contributed by atoms with E-state index >= 15 is 0 Å². The van der Waals surface area contributed by atoms with Crippen LogP contribution in [0.2, 0.25) is 0 Å². The largest absolute Gasteiger partial charge is 0.382 e. The molecule has 0 saturated heterocycles. The SMILES string of the molecule is Nc1nn2ccnc2c(Nc2c(F)cccc2F)c1[C@H]1CC[C@H](N)CC1. The van der Waals surface area contributed by atoms with Crippen molar-refractivity contribution in [3.05, 3.63) is 47.8 Å². The molecule has 0 unspecified atom stereocenters. The molecule has 4 rings (SSSR count). The highest BCUT2D eigenvalue weighted by Gasteiger charge is 2.27. The van der Waals surface area contributed by atoms with Crippen LogP contribution in [0, 0.1) is 11.6 Å². The first kappa shape index (κ1) is 16.7. The van der Waals surface area contributed by atoms with Gasteiger partial charge in [0, 0.05) is 24.0 Å². The number of hydrogen-bond donors (Lipinski definition) is 3. The van der Waals surface area contributed by atoms with Crippen molar-refractivity contribution in [3.8, 4) is 0 Å². The van der Waals surface area contributed by atoms with E-state index in [2.05, 4.69) is 15.4 Å². The number of anilines is 3. The average molecular weight is 358 g/mol. The van der Waals surface area contributed by atoms with Gasteiger partial charge in [0.1, 0.15) is 23.1 Å². The van der Waals surface area contributed by atoms with E-state index in [9.17, 15) is 8.78 Å². The maximum absolute atomic E-state index is 14.2. The van der Waals surface area contributed by atoms with E-state index in [1.54, 1.807) is 12.4 Å². The fraction of sp³-hybridized carbons (Fsp3) is 0.333. The Bertz CT molecular complexity index is 926. The number of rotatable bonds is 3. The van der Waals surface area contributed by atoms with Gasteiger partial charge in [-0.3, -0.25) is 0 Å². The second-order valence-electron chi connectivity index (χ2n) is 6.70. The molecule has 1 aliphatic rings. The third-order valence-corrected chi connectivity index (χ3v) is 5.00. The molecular formula is C18H20F2N6. The summed E-state index contributed by atoms with van der Waals surface area (Å²) in [5, 5.41) is 7.25. The molecule has 0 bridgehead atoms. The molecule has 8 heteroatoms. The number of nitrogen functional groups attached to an aromatic ring is 1. The summed E-state index contributed by atoms with van der Waals surface area (Å²) in [5.74, 6) is -0.917. The number of hydrogen-bond acceptors (Lipinski definition) is 5. The van der Waals surface area contributed by atoms with Crippen molar-refractivity contribution in [3.63, 3.8) is 0 Å². The Morgan fingerprint density at radius 2 is 1.77 bits per heavy atom. The number of nitrogens with one attached hydrogen (secondary N) is 1. The van der Waals surface area contributed by atoms with Gasteiger partial charge in [0.25, 0.3) is 0 Å². The minimum atomic E-state index is -0.679. The first-order chi connectivity index (χ1) is 12.5. The molecule has 26 heavy (non-hydrogen) atoms. The van der Waals surface area contributed by atoms with Crippen LogP contribution >= 0.6 is 0 Å². The standard InChI is InChI=1S/C18H20F2N6/c19-12-2-1-3-13(20)15(12)24-16-14(10-4-6-11(21)7-5-10)17(22)25-26-9-8-23-18(16)26/h1-3,8-11,24H,4-7,21H2,(H2,22,25)/t10-,11-. The summed E-state index contributed by atoms with van der Waals surface area (Å²) in [6.45, 7) is 0. The second-order valence-corrected chi connectivity index (χ2v) is 6.70. The highest BCUT2D eigenvalue weighted by Crippen LogP contribution is 2.41. The van der Waals surface area contributed by atoms with E-state index in [1.807, 2.05) is 0 Å². The van der Waals surface area contributed by atoms with Crippen LogP contribution in [0.4, 0.5) is 26.0 Å². The topological polar surface area (TPSA) is 94.3 Å². The molecule has 136 valence electrons. The van der Waals surface area contributed by atoms with Crippen LogP contribution in [0.15, 0.2) is 30.6 Å². The Labute approximate surface area is 149 Å². The minimum Gasteiger partial charge on any atom is -0.382 e. The average Bonchev–Trinajstić information content (AvgIpc) is 3.07. The van der Waals surface area contributed by atoms with E-state index in [-0.39, 0.29) is 17.6 Å². The first-order valence-electron chi connectivity index (χ1n) is 8.64. The van der Waals surface area contributed by atoms with Crippen LogP contribution in [0.25, 0.3) is 5.65 Å². The van der Waals surface area contributed by atoms with Crippen molar-refractivity contribution in [2.24, 2.45) is 5.73 Å². The first-order valence-corrected chi connectivity index (χ1v) is 8.64. The molecule has 1 saturated carbocycles. The van der Waals surface area contributed by atoms with Gasteiger partial charge in [0.05, 0.1) is 5.69 Å². The van der Waals surface area contributed by atoms with Gasteiger partial charge in [-0.15, -0.1) is 5.10 Å². The third kappa shape index (κ3) is 2.86. The molecule has 0 amide bonds. The van der Waals surface area contributed by atoms with Gasteiger partial charge in [0.15, 0.2) is 5.65 Å². The molecule has 2 heterocycles. The van der Waals surface area contributed by atoms with Gasteiger partial charge >= 0.3 is 0 Å². The highest BCUT2D eigenvalue weighted by molar-refractivity contribution is 5.81. The molecule has 5 N–H and O–H groups in total. The molecule has 2 aromatic heterocycles. The quantitative estimate of drug-likeness (QED) is 0.668. The Kier molecular flexibility index (Phi) is 4.20. The lowest BCUT2D eigenvalue weighted by Gasteiger charge is -2.28. The van der Waals surface area contributed by atoms with Crippen LogP contribution in [0.3, 0.4) is 0 Å². The van der Waals surface area contributed by atoms with E-state index in [1.165, 1.54) is 22.7 Å². The summed E-state index contributed by atoms with van der Waals surface area (Å²) in [6.07, 6.45) is 6.66. The summed E-state index contributed by atoms with van der Waals surface area (Å²) in [6, 6.07) is 3.91. The van der Waals surface area contributed by atoms with Gasteiger partial charge in [-0.2, -0.15) is 0 Å². The monoisotopic (exact) mass is 358 g/mol. The number of fused-ring (bicyclic) bond motifs is 1. The van der Waals surface area contributed by atoms with Crippen LogP contribution < -0.4 is 16.8 Å². The van der Waals surface area contributed by atoms with Gasteiger partial charge < -0.3 is 16.8 Å². The fourth-order valence-corrected chi connectivity index (χ4v) is 3.66. The minimum absolute atomic E-state index is 0.112. The maximum Gasteiger partial charge on any atom is 0.177 e. The Morgan fingerprint density at radius 3 is 2.46 bits per heavy atom. The van der Waals surface area contributed by atoms with Crippen molar-refractivity contribution in [2.45, 2.75) is 37.6 Å². The summed E-state index contributed by atoms with van der Waals surface area (Å²) >= 11 is 0. The lowest BCUT2D eigenvalue weighted by atomic mass is 9.81. The number of aromatic nitrogens is 3. The van der Waals surface area contributed by atoms with Gasteiger partial charge in [-0.25, -0.2) is 18.3 Å². The second kappa shape index (κ2) is 6.53. The van der Waals surface area contributed by atoms with Crippen molar-refractivity contribution < 1.29 is 8.78 Å².